The van der Waals surface area contributed by atoms with Gasteiger partial charge < -0.3 is 9.30 Å². The van der Waals surface area contributed by atoms with Gasteiger partial charge in [0.25, 0.3) is 0 Å². The zero-order chi connectivity index (χ0) is 12.4. The van der Waals surface area contributed by atoms with Crippen LogP contribution in [0.2, 0.25) is 0 Å². The van der Waals surface area contributed by atoms with E-state index >= 15 is 0 Å². The van der Waals surface area contributed by atoms with Crippen LogP contribution in [0.5, 0.6) is 0 Å². The second-order valence-electron chi connectivity index (χ2n) is 3.66. The largest absolute Gasteiger partial charge is 0.469 e. The summed E-state index contributed by atoms with van der Waals surface area (Å²) in [6, 6.07) is 7.42. The van der Waals surface area contributed by atoms with E-state index in [-0.39, 0.29) is 18.0 Å². The Bertz CT molecular complexity index is 586. The molecular weight excluding hydrogens is 220 g/mol. The van der Waals surface area contributed by atoms with Crippen LogP contribution in [0.3, 0.4) is 0 Å². The van der Waals surface area contributed by atoms with Crippen molar-refractivity contribution in [3.8, 4) is 0 Å². The van der Waals surface area contributed by atoms with Crippen molar-refractivity contribution >= 4 is 22.8 Å². The zero-order valence-corrected chi connectivity index (χ0v) is 9.64. The van der Waals surface area contributed by atoms with Crippen molar-refractivity contribution in [3.05, 3.63) is 30.1 Å². The number of carbonyl (C=O) groups is 2. The molecule has 0 aliphatic heterocycles. The van der Waals surface area contributed by atoms with Gasteiger partial charge in [0.1, 0.15) is 6.42 Å². The quantitative estimate of drug-likeness (QED) is 0.455. The summed E-state index contributed by atoms with van der Waals surface area (Å²) in [5, 5.41) is 0. The molecule has 0 bridgehead atoms. The van der Waals surface area contributed by atoms with Crippen LogP contribution < -0.4 is 0 Å². The lowest BCUT2D eigenvalue weighted by atomic mass is 10.3. The lowest BCUT2D eigenvalue weighted by molar-refractivity contribution is -0.139. The summed E-state index contributed by atoms with van der Waals surface area (Å²) < 4.78 is 6.14. The molecule has 2 aromatic rings. The van der Waals surface area contributed by atoms with Crippen LogP contribution in [0.1, 0.15) is 17.0 Å². The third-order valence-corrected chi connectivity index (χ3v) is 2.57. The predicted octanol–water partition coefficient (Wildman–Crippen LogP) is 1.32. The molecule has 17 heavy (non-hydrogen) atoms. The Hall–Kier alpha value is -2.17. The van der Waals surface area contributed by atoms with E-state index in [2.05, 4.69) is 9.72 Å². The van der Waals surface area contributed by atoms with Gasteiger partial charge in [0.05, 0.1) is 18.1 Å². The molecule has 1 heterocycles. The van der Waals surface area contributed by atoms with Gasteiger partial charge in [-0.2, -0.15) is 0 Å². The summed E-state index contributed by atoms with van der Waals surface area (Å²) >= 11 is 0. The summed E-state index contributed by atoms with van der Waals surface area (Å²) in [6.45, 7) is 0. The fourth-order valence-electron chi connectivity index (χ4n) is 1.68. The Labute approximate surface area is 98.0 Å². The van der Waals surface area contributed by atoms with Crippen LogP contribution in [-0.2, 0) is 16.6 Å². The van der Waals surface area contributed by atoms with E-state index in [4.69, 9.17) is 0 Å². The second-order valence-corrected chi connectivity index (χ2v) is 3.66. The minimum atomic E-state index is -0.554. The molecule has 0 radical (unpaired) electrons. The van der Waals surface area contributed by atoms with Crippen LogP contribution in [0, 0.1) is 0 Å². The zero-order valence-electron chi connectivity index (χ0n) is 9.64. The van der Waals surface area contributed by atoms with E-state index < -0.39 is 5.97 Å². The number of hydrogen-bond donors (Lipinski definition) is 0. The van der Waals surface area contributed by atoms with E-state index in [0.29, 0.717) is 0 Å². The highest BCUT2D eigenvalue weighted by atomic mass is 16.5. The van der Waals surface area contributed by atoms with Gasteiger partial charge in [-0.3, -0.25) is 9.59 Å². The monoisotopic (exact) mass is 232 g/mol. The number of carbonyl (C=O) groups excluding carboxylic acids is 2. The predicted molar refractivity (Wildman–Crippen MR) is 61.7 cm³/mol. The molecule has 0 fully saturated rings. The first kappa shape index (κ1) is 11.3. The molecule has 0 saturated carbocycles. The molecule has 0 N–H and O–H groups in total. The number of imidazole rings is 1. The Kier molecular flexibility index (Phi) is 2.91. The summed E-state index contributed by atoms with van der Waals surface area (Å²) in [4.78, 5) is 27.1. The second kappa shape index (κ2) is 4.37. The van der Waals surface area contributed by atoms with Crippen molar-refractivity contribution in [2.45, 2.75) is 6.42 Å². The van der Waals surface area contributed by atoms with Crippen molar-refractivity contribution in [2.24, 2.45) is 7.05 Å². The van der Waals surface area contributed by atoms with E-state index in [1.165, 1.54) is 7.11 Å². The lowest BCUT2D eigenvalue weighted by Gasteiger charge is -2.00. The average molecular weight is 232 g/mol. The summed E-state index contributed by atoms with van der Waals surface area (Å²) in [5.74, 6) is -0.616. The number of ether oxygens (including phenoxy) is 1. The minimum absolute atomic E-state index is 0.275. The van der Waals surface area contributed by atoms with E-state index in [0.717, 1.165) is 11.0 Å². The van der Waals surface area contributed by atoms with E-state index in [9.17, 15) is 9.59 Å². The highest BCUT2D eigenvalue weighted by Crippen LogP contribution is 2.15. The Morgan fingerprint density at radius 1 is 1.35 bits per heavy atom. The molecule has 0 spiro atoms. The van der Waals surface area contributed by atoms with Gasteiger partial charge in [-0.15, -0.1) is 0 Å². The maximum Gasteiger partial charge on any atom is 0.313 e. The summed E-state index contributed by atoms with van der Waals surface area (Å²) in [5.41, 5.74) is 1.60. The van der Waals surface area contributed by atoms with Gasteiger partial charge in [-0.25, -0.2) is 4.98 Å². The molecule has 0 amide bonds. The van der Waals surface area contributed by atoms with Gasteiger partial charge >= 0.3 is 5.97 Å². The minimum Gasteiger partial charge on any atom is -0.469 e. The fraction of sp³-hybridized carbons (Fsp3) is 0.250. The molecule has 5 nitrogen and oxygen atoms in total. The van der Waals surface area contributed by atoms with Crippen molar-refractivity contribution < 1.29 is 14.3 Å². The van der Waals surface area contributed by atoms with Gasteiger partial charge in [0.2, 0.25) is 5.78 Å². The Morgan fingerprint density at radius 3 is 2.71 bits per heavy atom. The molecule has 1 aromatic carbocycles. The number of nitrogens with zero attached hydrogens (tertiary/aromatic N) is 2. The van der Waals surface area contributed by atoms with Crippen LogP contribution in [0.4, 0.5) is 0 Å². The number of para-hydroxylation sites is 2. The van der Waals surface area contributed by atoms with Gasteiger partial charge in [-0.05, 0) is 12.1 Å². The molecule has 0 aliphatic rings. The standard InChI is InChI=1S/C12H12N2O3/c1-14-9-6-4-3-5-8(9)13-12(14)10(15)7-11(16)17-2/h3-6H,7H2,1-2H3. The molecule has 0 saturated heterocycles. The molecular formula is C12H12N2O3. The number of benzene rings is 1. The van der Waals surface area contributed by atoms with Gasteiger partial charge in [0, 0.05) is 7.05 Å². The van der Waals surface area contributed by atoms with Crippen molar-refractivity contribution in [2.75, 3.05) is 7.11 Å². The average Bonchev–Trinajstić information content (AvgIpc) is 2.67. The number of methoxy groups -OCH3 is 1. The molecule has 5 heteroatoms. The highest BCUT2D eigenvalue weighted by molar-refractivity contribution is 6.05. The molecule has 0 aliphatic carbocycles. The maximum absolute atomic E-state index is 11.8. The van der Waals surface area contributed by atoms with Crippen LogP contribution >= 0.6 is 0 Å². The first-order valence-corrected chi connectivity index (χ1v) is 5.15. The fourth-order valence-corrected chi connectivity index (χ4v) is 1.68. The summed E-state index contributed by atoms with van der Waals surface area (Å²) in [6.07, 6.45) is -0.284. The first-order chi connectivity index (χ1) is 8.13. The normalized spacial score (nSPS) is 10.5. The topological polar surface area (TPSA) is 61.2 Å². The summed E-state index contributed by atoms with van der Waals surface area (Å²) in [7, 11) is 3.00. The smallest absolute Gasteiger partial charge is 0.313 e. The molecule has 88 valence electrons. The molecule has 0 atom stereocenters. The molecule has 1 aromatic heterocycles. The number of rotatable bonds is 3. The third kappa shape index (κ3) is 2.04. The maximum atomic E-state index is 11.8. The van der Waals surface area contributed by atoms with Crippen molar-refractivity contribution in [1.82, 2.24) is 9.55 Å². The van der Waals surface area contributed by atoms with E-state index in [1.807, 2.05) is 24.3 Å². The number of esters is 1. The Morgan fingerprint density at radius 2 is 2.06 bits per heavy atom. The van der Waals surface area contributed by atoms with Gasteiger partial charge in [0.15, 0.2) is 5.82 Å². The highest BCUT2D eigenvalue weighted by Gasteiger charge is 2.18. The molecule has 0 unspecified atom stereocenters. The SMILES string of the molecule is COC(=O)CC(=O)c1nc2ccccc2n1C. The number of aryl methyl sites for hydroxylation is 1. The number of Topliss-reactive ketones (excluding diaryl/α,β-unsaturated/α-hetero) is 1. The van der Waals surface area contributed by atoms with Crippen LogP contribution in [-0.4, -0.2) is 28.4 Å². The van der Waals surface area contributed by atoms with Crippen LogP contribution in [0.25, 0.3) is 11.0 Å². The number of aromatic nitrogens is 2. The number of hydrogen-bond acceptors (Lipinski definition) is 4. The first-order valence-electron chi connectivity index (χ1n) is 5.15. The van der Waals surface area contributed by atoms with Crippen molar-refractivity contribution in [1.29, 1.82) is 0 Å². The van der Waals surface area contributed by atoms with Crippen LogP contribution in [0.15, 0.2) is 24.3 Å². The lowest BCUT2D eigenvalue weighted by Crippen LogP contribution is -2.13. The molecule has 2 rings (SSSR count). The van der Waals surface area contributed by atoms with E-state index in [1.54, 1.807) is 11.6 Å². The number of ketones is 1. The number of fused-ring (bicyclic) bond motifs is 1. The van der Waals surface area contributed by atoms with Crippen molar-refractivity contribution in [3.63, 3.8) is 0 Å². The Balaban J connectivity index is 2.39. The van der Waals surface area contributed by atoms with Gasteiger partial charge in [-0.1, -0.05) is 12.1 Å². The third-order valence-electron chi connectivity index (χ3n) is 2.57.